The fourth-order valence-electron chi connectivity index (χ4n) is 5.86. The first-order valence-corrected chi connectivity index (χ1v) is 16.1. The van der Waals surface area contributed by atoms with Crippen molar-refractivity contribution < 1.29 is 34.0 Å². The van der Waals surface area contributed by atoms with Gasteiger partial charge in [-0.05, 0) is 54.7 Å². The van der Waals surface area contributed by atoms with Crippen molar-refractivity contribution in [2.45, 2.75) is 102 Å². The second-order valence-corrected chi connectivity index (χ2v) is 11.7. The van der Waals surface area contributed by atoms with Gasteiger partial charge in [-0.2, -0.15) is 0 Å². The molecule has 3 unspecified atom stereocenters. The minimum Gasteiger partial charge on any atom is -0.508 e. The number of phenolic OH excluding ortho intramolecular Hbond substituents is 1. The first-order chi connectivity index (χ1) is 21.4. The molecule has 2 aromatic rings. The molecule has 8 heteroatoms. The summed E-state index contributed by atoms with van der Waals surface area (Å²) >= 11 is 0. The molecular formula is C36H47NO7. The number of esters is 1. The molecule has 1 aliphatic heterocycles. The Morgan fingerprint density at radius 1 is 1.02 bits per heavy atom. The van der Waals surface area contributed by atoms with Crippen molar-refractivity contribution in [3.8, 4) is 5.75 Å². The highest BCUT2D eigenvalue weighted by Gasteiger charge is 2.52. The number of aliphatic hydroxyl groups excluding tert-OH is 1. The van der Waals surface area contributed by atoms with E-state index in [-0.39, 0.29) is 31.2 Å². The molecule has 3 atom stereocenters. The second-order valence-electron chi connectivity index (χ2n) is 11.7. The summed E-state index contributed by atoms with van der Waals surface area (Å²) in [5.41, 5.74) is 2.49. The summed E-state index contributed by atoms with van der Waals surface area (Å²) in [6, 6.07) is 14.4. The van der Waals surface area contributed by atoms with Gasteiger partial charge in [0.25, 0.3) is 0 Å². The predicted octanol–water partition coefficient (Wildman–Crippen LogP) is 6.25. The van der Waals surface area contributed by atoms with Crippen LogP contribution in [0.1, 0.15) is 93.1 Å². The Kier molecular flexibility index (Phi) is 12.6. The topological polar surface area (TPSA) is 114 Å². The summed E-state index contributed by atoms with van der Waals surface area (Å²) in [6.45, 7) is 4.29. The normalized spacial score (nSPS) is 20.7. The molecule has 44 heavy (non-hydrogen) atoms. The van der Waals surface area contributed by atoms with Crippen LogP contribution in [0.2, 0.25) is 0 Å². The third-order valence-electron chi connectivity index (χ3n) is 8.21. The number of aromatic hydroxyl groups is 1. The Bertz CT molecular complexity index is 1290. The van der Waals surface area contributed by atoms with E-state index in [2.05, 4.69) is 19.2 Å². The number of hydrogen-bond acceptors (Lipinski definition) is 7. The lowest BCUT2D eigenvalue weighted by Gasteiger charge is -2.31. The standard InChI is InChI=1S/C36H47NO7/c1-3-5-9-19-36(20-10-6-4-2)43-32-25-29(34(40)37-21-22-38)24-31(33(32)44-36)42-35(41)28-17-12-14-26(23-28)13-11-16-27-15-7-8-18-30(27)39/h7-8,11-15,17-18,23,25,31-33,38-39H,3-6,9-10,16,19-22,24H2,1-2H3,(H,37,40). The molecule has 0 spiro atoms. The van der Waals surface area contributed by atoms with Crippen LogP contribution in [0.3, 0.4) is 0 Å². The van der Waals surface area contributed by atoms with E-state index in [1.54, 1.807) is 36.4 Å². The number of para-hydroxylation sites is 1. The molecule has 8 nitrogen and oxygen atoms in total. The van der Waals surface area contributed by atoms with Gasteiger partial charge in [-0.3, -0.25) is 4.79 Å². The van der Waals surface area contributed by atoms with Gasteiger partial charge < -0.3 is 29.7 Å². The van der Waals surface area contributed by atoms with Gasteiger partial charge >= 0.3 is 5.97 Å². The second kappa shape index (κ2) is 16.6. The predicted molar refractivity (Wildman–Crippen MR) is 170 cm³/mol. The quantitative estimate of drug-likeness (QED) is 0.153. The van der Waals surface area contributed by atoms with Gasteiger partial charge in [0.15, 0.2) is 5.79 Å². The summed E-state index contributed by atoms with van der Waals surface area (Å²) in [4.78, 5) is 26.4. The van der Waals surface area contributed by atoms with Crippen LogP contribution >= 0.6 is 0 Å². The third-order valence-corrected chi connectivity index (χ3v) is 8.21. The molecule has 4 rings (SSSR count). The summed E-state index contributed by atoms with van der Waals surface area (Å²) in [7, 11) is 0. The summed E-state index contributed by atoms with van der Waals surface area (Å²) < 4.78 is 19.4. The maximum atomic E-state index is 13.5. The zero-order chi connectivity index (χ0) is 31.4. The first-order valence-electron chi connectivity index (χ1n) is 16.1. The number of carbonyl (C=O) groups is 2. The van der Waals surface area contributed by atoms with Crippen LogP contribution in [0.4, 0.5) is 0 Å². The molecular weight excluding hydrogens is 558 g/mol. The van der Waals surface area contributed by atoms with Gasteiger partial charge in [0.2, 0.25) is 5.91 Å². The Balaban J connectivity index is 1.51. The number of hydrogen-bond donors (Lipinski definition) is 3. The van der Waals surface area contributed by atoms with Crippen molar-refractivity contribution in [1.82, 2.24) is 5.32 Å². The Morgan fingerprint density at radius 3 is 2.48 bits per heavy atom. The highest BCUT2D eigenvalue weighted by molar-refractivity contribution is 5.94. The van der Waals surface area contributed by atoms with Crippen LogP contribution in [-0.2, 0) is 25.4 Å². The molecule has 0 aromatic heterocycles. The van der Waals surface area contributed by atoms with Crippen molar-refractivity contribution >= 4 is 18.0 Å². The van der Waals surface area contributed by atoms with Crippen molar-refractivity contribution in [1.29, 1.82) is 0 Å². The molecule has 0 bridgehead atoms. The molecule has 1 saturated heterocycles. The van der Waals surface area contributed by atoms with E-state index in [0.29, 0.717) is 17.6 Å². The van der Waals surface area contributed by atoms with Gasteiger partial charge in [0.05, 0.1) is 12.2 Å². The van der Waals surface area contributed by atoms with Gasteiger partial charge in [-0.25, -0.2) is 4.79 Å². The summed E-state index contributed by atoms with van der Waals surface area (Å²) in [5, 5.41) is 22.0. The Hall–Kier alpha value is -3.46. The molecule has 0 saturated carbocycles. The van der Waals surface area contributed by atoms with Crippen LogP contribution < -0.4 is 5.32 Å². The van der Waals surface area contributed by atoms with Gasteiger partial charge in [-0.1, -0.05) is 82.0 Å². The maximum absolute atomic E-state index is 13.5. The van der Waals surface area contributed by atoms with Crippen LogP contribution in [0.5, 0.6) is 5.75 Å². The molecule has 2 aliphatic rings. The number of allylic oxidation sites excluding steroid dienone is 1. The largest absolute Gasteiger partial charge is 0.508 e. The van der Waals surface area contributed by atoms with E-state index in [9.17, 15) is 19.8 Å². The minimum atomic E-state index is -0.782. The molecule has 3 N–H and O–H groups in total. The molecule has 1 fully saturated rings. The van der Waals surface area contributed by atoms with Gasteiger partial charge in [0.1, 0.15) is 24.1 Å². The van der Waals surface area contributed by atoms with E-state index in [1.165, 1.54) is 0 Å². The zero-order valence-corrected chi connectivity index (χ0v) is 26.0. The van der Waals surface area contributed by atoms with Gasteiger partial charge in [0, 0.05) is 31.4 Å². The number of rotatable bonds is 16. The molecule has 1 amide bonds. The zero-order valence-electron chi connectivity index (χ0n) is 26.0. The van der Waals surface area contributed by atoms with Crippen LogP contribution in [0, 0.1) is 0 Å². The van der Waals surface area contributed by atoms with E-state index >= 15 is 0 Å². The lowest BCUT2D eigenvalue weighted by Crippen LogP contribution is -2.43. The highest BCUT2D eigenvalue weighted by Crippen LogP contribution is 2.43. The summed E-state index contributed by atoms with van der Waals surface area (Å²) in [6.07, 6.45) is 12.3. The SMILES string of the molecule is CCCCCC1(CCCCC)OC2C=C(C(=O)NCCO)CC(OC(=O)c3cccc(C=CCc4ccccc4O)c3)C2O1. The molecule has 1 aliphatic carbocycles. The van der Waals surface area contributed by atoms with Gasteiger partial charge in [-0.15, -0.1) is 0 Å². The van der Waals surface area contributed by atoms with Crippen molar-refractivity contribution in [2.24, 2.45) is 0 Å². The van der Waals surface area contributed by atoms with Crippen LogP contribution in [-0.4, -0.2) is 59.3 Å². The molecule has 0 radical (unpaired) electrons. The lowest BCUT2D eigenvalue weighted by molar-refractivity contribution is -0.190. The molecule has 2 aromatic carbocycles. The van der Waals surface area contributed by atoms with Crippen molar-refractivity contribution in [2.75, 3.05) is 13.2 Å². The van der Waals surface area contributed by atoms with Crippen LogP contribution in [0.25, 0.3) is 6.08 Å². The number of fused-ring (bicyclic) bond motifs is 1. The number of unbranched alkanes of at least 4 members (excludes halogenated alkanes) is 4. The number of aliphatic hydroxyl groups is 1. The number of amides is 1. The summed E-state index contributed by atoms with van der Waals surface area (Å²) in [5.74, 6) is -1.35. The monoisotopic (exact) mass is 605 g/mol. The van der Waals surface area contributed by atoms with Crippen molar-refractivity contribution in [3.05, 3.63) is 82.9 Å². The smallest absolute Gasteiger partial charge is 0.338 e. The van der Waals surface area contributed by atoms with E-state index in [1.807, 2.05) is 30.4 Å². The highest BCUT2D eigenvalue weighted by atomic mass is 16.8. The minimum absolute atomic E-state index is 0.133. The van der Waals surface area contributed by atoms with E-state index in [4.69, 9.17) is 14.2 Å². The Labute approximate surface area is 261 Å². The fraction of sp³-hybridized carbons (Fsp3) is 0.500. The lowest BCUT2D eigenvalue weighted by atomic mass is 9.91. The molecule has 238 valence electrons. The maximum Gasteiger partial charge on any atom is 0.338 e. The number of phenols is 1. The van der Waals surface area contributed by atoms with Crippen LogP contribution in [0.15, 0.2) is 66.3 Å². The number of carbonyl (C=O) groups excluding carboxylic acids is 2. The Morgan fingerprint density at radius 2 is 1.77 bits per heavy atom. The fourth-order valence-corrected chi connectivity index (χ4v) is 5.86. The average Bonchev–Trinajstić information content (AvgIpc) is 3.40. The van der Waals surface area contributed by atoms with E-state index in [0.717, 1.165) is 62.5 Å². The number of ether oxygens (including phenoxy) is 3. The average molecular weight is 606 g/mol. The first kappa shape index (κ1) is 33.4. The number of benzene rings is 2. The van der Waals surface area contributed by atoms with Crippen molar-refractivity contribution in [3.63, 3.8) is 0 Å². The van der Waals surface area contributed by atoms with E-state index < -0.39 is 30.1 Å². The number of nitrogens with one attached hydrogen (secondary N) is 1. The third kappa shape index (κ3) is 9.03. The molecule has 1 heterocycles.